The zero-order chi connectivity index (χ0) is 22.5. The van der Waals surface area contributed by atoms with Crippen molar-refractivity contribution in [3.63, 3.8) is 0 Å². The Labute approximate surface area is 194 Å². The molecule has 3 heterocycles. The number of thiazole rings is 1. The van der Waals surface area contributed by atoms with Crippen LogP contribution in [0.2, 0.25) is 0 Å². The molecule has 31 heavy (non-hydrogen) atoms. The van der Waals surface area contributed by atoms with Gasteiger partial charge in [0.1, 0.15) is 0 Å². The highest BCUT2D eigenvalue weighted by molar-refractivity contribution is 9.11. The number of nitrogens with one attached hydrogen (secondary N) is 2. The third kappa shape index (κ3) is 6.15. The maximum Gasteiger partial charge on any atom is 0.321 e. The molecule has 0 aliphatic carbocycles. The van der Waals surface area contributed by atoms with Crippen molar-refractivity contribution in [2.75, 3.05) is 57.0 Å². The first-order chi connectivity index (χ1) is 14.8. The van der Waals surface area contributed by atoms with Gasteiger partial charge in [0.15, 0.2) is 5.13 Å². The fourth-order valence-electron chi connectivity index (χ4n) is 3.85. The van der Waals surface area contributed by atoms with Crippen LogP contribution in [0.5, 0.6) is 0 Å². The number of aromatic nitrogens is 1. The number of anilines is 1. The molecule has 0 radical (unpaired) electrons. The molecule has 2 saturated heterocycles. The molecule has 0 bridgehead atoms. The van der Waals surface area contributed by atoms with Crippen LogP contribution in [-0.4, -0.2) is 86.2 Å². The number of rotatable bonds is 7. The van der Waals surface area contributed by atoms with Crippen molar-refractivity contribution in [1.82, 2.24) is 19.5 Å². The van der Waals surface area contributed by atoms with E-state index in [1.165, 1.54) is 15.6 Å². The quantitative estimate of drug-likeness (QED) is 0.546. The maximum absolute atomic E-state index is 13.4. The number of carbonyl (C=O) groups excluding carboxylic acids is 2. The number of piperidine rings is 1. The van der Waals surface area contributed by atoms with Gasteiger partial charge in [0.05, 0.1) is 34.4 Å². The number of halogens is 1. The van der Waals surface area contributed by atoms with Gasteiger partial charge in [-0.15, -0.1) is 0 Å². The van der Waals surface area contributed by atoms with Gasteiger partial charge in [0.25, 0.3) is 0 Å². The van der Waals surface area contributed by atoms with Gasteiger partial charge in [-0.3, -0.25) is 10.1 Å². The van der Waals surface area contributed by atoms with Crippen LogP contribution >= 0.6 is 27.3 Å². The largest absolute Gasteiger partial charge is 0.378 e. The van der Waals surface area contributed by atoms with Crippen LogP contribution in [0.15, 0.2) is 9.98 Å². The molecular weight excluding hydrogens is 510 g/mol. The zero-order valence-electron chi connectivity index (χ0n) is 17.4. The van der Waals surface area contributed by atoms with Crippen LogP contribution in [0.3, 0.4) is 0 Å². The first kappa shape index (κ1) is 24.4. The minimum Gasteiger partial charge on any atom is -0.378 e. The van der Waals surface area contributed by atoms with Crippen LogP contribution in [0.25, 0.3) is 0 Å². The van der Waals surface area contributed by atoms with Crippen molar-refractivity contribution < 1.29 is 22.7 Å². The second-order valence-electron chi connectivity index (χ2n) is 7.68. The van der Waals surface area contributed by atoms with Crippen molar-refractivity contribution in [3.8, 4) is 0 Å². The number of hydrogen-bond donors (Lipinski definition) is 2. The number of urea groups is 1. The van der Waals surface area contributed by atoms with Gasteiger partial charge in [0, 0.05) is 32.7 Å². The number of hydrogen-bond acceptors (Lipinski definition) is 7. The average Bonchev–Trinajstić information content (AvgIpc) is 3.17. The highest BCUT2D eigenvalue weighted by atomic mass is 79.9. The van der Waals surface area contributed by atoms with E-state index in [-0.39, 0.29) is 31.3 Å². The van der Waals surface area contributed by atoms with Gasteiger partial charge in [-0.1, -0.05) is 18.3 Å². The Kier molecular flexibility index (Phi) is 8.30. The molecule has 3 amide bonds. The fourth-order valence-corrected chi connectivity index (χ4v) is 6.47. The molecule has 2 N–H and O–H groups in total. The molecule has 0 saturated carbocycles. The minimum atomic E-state index is -3.33. The van der Waals surface area contributed by atoms with E-state index < -0.39 is 21.5 Å². The van der Waals surface area contributed by atoms with Crippen LogP contribution in [-0.2, 0) is 19.6 Å². The van der Waals surface area contributed by atoms with Gasteiger partial charge < -0.3 is 15.0 Å². The second-order valence-corrected chi connectivity index (χ2v) is 12.2. The lowest BCUT2D eigenvalue weighted by Crippen LogP contribution is -2.57. The van der Waals surface area contributed by atoms with E-state index in [0.29, 0.717) is 50.7 Å². The monoisotopic (exact) mass is 537 g/mol. The highest BCUT2D eigenvalue weighted by Gasteiger charge is 2.45. The van der Waals surface area contributed by atoms with Crippen molar-refractivity contribution in [2.45, 2.75) is 26.2 Å². The summed E-state index contributed by atoms with van der Waals surface area (Å²) in [4.78, 5) is 31.7. The lowest BCUT2D eigenvalue weighted by Gasteiger charge is -2.43. The summed E-state index contributed by atoms with van der Waals surface area (Å²) in [5.74, 6) is 0.0437. The third-order valence-corrected chi connectivity index (χ3v) is 9.04. The standard InChI is InChI=1S/C18H28BrN5O5S2/c1-2-11-31(27,28)24-5-3-18(4-6-24,15(25)23-7-9-29-10-8-23)13-21-16(26)22-17-20-12-14(19)30-17/h12H,2-11,13H2,1H3,(H2,20,21,22,26). The summed E-state index contributed by atoms with van der Waals surface area (Å²) < 4.78 is 32.5. The van der Waals surface area contributed by atoms with Crippen LogP contribution in [0, 0.1) is 5.41 Å². The molecule has 0 atom stereocenters. The Hall–Kier alpha value is -1.28. The van der Waals surface area contributed by atoms with Gasteiger partial charge >= 0.3 is 6.03 Å². The SMILES string of the molecule is CCCS(=O)(=O)N1CCC(CNC(=O)Nc2ncc(Br)s2)(C(=O)N2CCOCC2)CC1. The molecule has 1 aromatic rings. The Morgan fingerprint density at radius 3 is 2.52 bits per heavy atom. The van der Waals surface area contributed by atoms with Gasteiger partial charge in [-0.2, -0.15) is 0 Å². The molecule has 2 aliphatic rings. The molecule has 0 unspecified atom stereocenters. The first-order valence-corrected chi connectivity index (χ1v) is 13.5. The van der Waals surface area contributed by atoms with Gasteiger partial charge in [-0.25, -0.2) is 22.5 Å². The zero-order valence-corrected chi connectivity index (χ0v) is 20.7. The molecular formula is C18H28BrN5O5S2. The smallest absolute Gasteiger partial charge is 0.321 e. The van der Waals surface area contributed by atoms with Crippen molar-refractivity contribution in [1.29, 1.82) is 0 Å². The Bertz CT molecular complexity index is 880. The summed E-state index contributed by atoms with van der Waals surface area (Å²) in [7, 11) is -3.33. The molecule has 174 valence electrons. The summed E-state index contributed by atoms with van der Waals surface area (Å²) >= 11 is 4.58. The Morgan fingerprint density at radius 2 is 1.94 bits per heavy atom. The highest BCUT2D eigenvalue weighted by Crippen LogP contribution is 2.35. The molecule has 10 nitrogen and oxygen atoms in total. The topological polar surface area (TPSA) is 121 Å². The molecule has 3 rings (SSSR count). The van der Waals surface area contributed by atoms with Crippen molar-refractivity contribution in [3.05, 3.63) is 9.98 Å². The molecule has 2 fully saturated rings. The van der Waals surface area contributed by atoms with E-state index in [9.17, 15) is 18.0 Å². The van der Waals surface area contributed by atoms with Crippen LogP contribution in [0.1, 0.15) is 26.2 Å². The van der Waals surface area contributed by atoms with E-state index in [1.54, 1.807) is 11.1 Å². The number of amides is 3. The van der Waals surface area contributed by atoms with Crippen molar-refractivity contribution in [2.24, 2.45) is 5.41 Å². The number of nitrogens with zero attached hydrogens (tertiary/aromatic N) is 3. The number of carbonyl (C=O) groups is 2. The Balaban J connectivity index is 1.69. The summed E-state index contributed by atoms with van der Waals surface area (Å²) in [6.45, 7) is 4.44. The number of ether oxygens (including phenoxy) is 1. The van der Waals surface area contributed by atoms with Gasteiger partial charge in [-0.05, 0) is 35.2 Å². The van der Waals surface area contributed by atoms with E-state index in [1.807, 2.05) is 6.92 Å². The third-order valence-electron chi connectivity index (χ3n) is 5.57. The normalized spacial score (nSPS) is 19.7. The number of sulfonamides is 1. The number of morpholine rings is 1. The van der Waals surface area contributed by atoms with E-state index >= 15 is 0 Å². The first-order valence-electron chi connectivity index (χ1n) is 10.3. The van der Waals surface area contributed by atoms with E-state index in [0.717, 1.165) is 3.79 Å². The maximum atomic E-state index is 13.4. The summed E-state index contributed by atoms with van der Waals surface area (Å²) in [5, 5.41) is 5.91. The molecule has 13 heteroatoms. The molecule has 0 spiro atoms. The lowest BCUT2D eigenvalue weighted by atomic mass is 9.77. The van der Waals surface area contributed by atoms with Crippen molar-refractivity contribution >= 4 is 54.4 Å². The van der Waals surface area contributed by atoms with E-state index in [4.69, 9.17) is 4.74 Å². The molecule has 1 aromatic heterocycles. The second kappa shape index (κ2) is 10.6. The van der Waals surface area contributed by atoms with Crippen LogP contribution in [0.4, 0.5) is 9.93 Å². The van der Waals surface area contributed by atoms with E-state index in [2.05, 4.69) is 31.5 Å². The predicted octanol–water partition coefficient (Wildman–Crippen LogP) is 1.71. The minimum absolute atomic E-state index is 0.0550. The van der Waals surface area contributed by atoms with Crippen LogP contribution < -0.4 is 10.6 Å². The van der Waals surface area contributed by atoms with Gasteiger partial charge in [0.2, 0.25) is 15.9 Å². The fraction of sp³-hybridized carbons (Fsp3) is 0.722. The summed E-state index contributed by atoms with van der Waals surface area (Å²) in [6, 6.07) is -0.447. The lowest BCUT2D eigenvalue weighted by molar-refractivity contribution is -0.148. The Morgan fingerprint density at radius 1 is 1.26 bits per heavy atom. The average molecular weight is 538 g/mol. The molecule has 0 aromatic carbocycles. The molecule has 2 aliphatic heterocycles. The summed E-state index contributed by atoms with van der Waals surface area (Å²) in [6.07, 6.45) is 2.85. The predicted molar refractivity (Wildman–Crippen MR) is 122 cm³/mol. The summed E-state index contributed by atoms with van der Waals surface area (Å²) in [5.41, 5.74) is -0.851.